The number of hydrogen-bond donors (Lipinski definition) is 1. The van der Waals surface area contributed by atoms with Gasteiger partial charge in [0.25, 0.3) is 0 Å². The number of hydrogen-bond acceptors (Lipinski definition) is 5. The van der Waals surface area contributed by atoms with E-state index in [0.29, 0.717) is 0 Å². The molecular weight excluding hydrogens is 807 g/mol. The van der Waals surface area contributed by atoms with Crippen LogP contribution in [0.15, 0.2) is 121 Å². The lowest BCUT2D eigenvalue weighted by atomic mass is 9.82. The van der Waals surface area contributed by atoms with E-state index in [0.717, 1.165) is 89.4 Å². The van der Waals surface area contributed by atoms with Crippen LogP contribution in [0.4, 0.5) is 28.4 Å². The van der Waals surface area contributed by atoms with Gasteiger partial charge in [-0.05, 0) is 173 Å². The Morgan fingerprint density at radius 2 is 1.06 bits per heavy atom. The van der Waals surface area contributed by atoms with Gasteiger partial charge in [-0.15, -0.1) is 0 Å². The third-order valence-electron chi connectivity index (χ3n) is 14.2. The lowest BCUT2D eigenvalue weighted by Gasteiger charge is -2.35. The molecular formula is C61H76N3O2+. The van der Waals surface area contributed by atoms with Crippen LogP contribution in [-0.2, 0) is 35.2 Å². The minimum Gasteiger partial charge on any atom is -0.460 e. The SMILES string of the molecule is CCCN(c1ccc([C+](c2ccc(N(CCC)c3c(CC)cccc3CC)cc2)c2ccc(NC3CCCCC3OC(=O)C(C)(C)CC)c3ccccc23)cc1)c1c(CC)cccc1CC. The Hall–Kier alpha value is -5.68. The molecule has 0 spiro atoms. The van der Waals surface area contributed by atoms with Crippen LogP contribution in [0.5, 0.6) is 0 Å². The van der Waals surface area contributed by atoms with Crippen LogP contribution >= 0.6 is 0 Å². The number of benzene rings is 6. The molecule has 0 aromatic heterocycles. The second-order valence-corrected chi connectivity index (χ2v) is 19.0. The van der Waals surface area contributed by atoms with E-state index in [1.165, 1.54) is 78.4 Å². The average Bonchev–Trinajstić information content (AvgIpc) is 3.36. The van der Waals surface area contributed by atoms with E-state index in [4.69, 9.17) is 4.74 Å². The largest absolute Gasteiger partial charge is 0.460 e. The Balaban J connectivity index is 1.33. The lowest BCUT2D eigenvalue weighted by molar-refractivity contribution is -0.161. The number of fused-ring (bicyclic) bond motifs is 1. The van der Waals surface area contributed by atoms with E-state index in [9.17, 15) is 4.79 Å². The number of anilines is 5. The predicted molar refractivity (Wildman–Crippen MR) is 282 cm³/mol. The molecule has 66 heavy (non-hydrogen) atoms. The molecule has 6 aromatic rings. The molecule has 6 aromatic carbocycles. The standard InChI is InChI=1S/C61H76N3O2/c1-10-41-63(58-43(12-3)23-21-24-44(58)13-4)49-35-31-47(32-36-49)57(48-33-37-50(38-34-48)64(42-11-2)59-45(14-5)25-22-26-46(59)15-6)53-39-40-54(52-28-18-17-27-51(52)53)62-55-29-19-20-30-56(55)66-60(65)61(8,9)16-7/h17-18,21-28,31-40,55-56,62H,10-16,19-20,29-30,41-42H2,1-9H3/q+1. The molecule has 1 N–H and O–H groups in total. The number of ether oxygens (including phenoxy) is 1. The molecule has 1 aliphatic rings. The lowest BCUT2D eigenvalue weighted by Crippen LogP contribution is -2.42. The molecule has 0 aliphatic heterocycles. The second kappa shape index (κ2) is 22.2. The van der Waals surface area contributed by atoms with Crippen molar-refractivity contribution >= 4 is 45.2 Å². The number of rotatable bonds is 20. The first-order valence-electron chi connectivity index (χ1n) is 25.4. The fourth-order valence-corrected chi connectivity index (χ4v) is 10.1. The number of nitrogens with zero attached hydrogens (tertiary/aromatic N) is 2. The second-order valence-electron chi connectivity index (χ2n) is 19.0. The molecule has 0 saturated heterocycles. The van der Waals surface area contributed by atoms with Crippen molar-refractivity contribution in [3.05, 3.63) is 166 Å². The number of aryl methyl sites for hydroxylation is 4. The topological polar surface area (TPSA) is 44.8 Å². The Bertz CT molecular complexity index is 2370. The molecule has 5 heteroatoms. The minimum atomic E-state index is -0.502. The van der Waals surface area contributed by atoms with Crippen molar-refractivity contribution in [3.8, 4) is 0 Å². The maximum absolute atomic E-state index is 13.3. The molecule has 5 nitrogen and oxygen atoms in total. The minimum absolute atomic E-state index is 0.0439. The van der Waals surface area contributed by atoms with Gasteiger partial charge >= 0.3 is 5.97 Å². The van der Waals surface area contributed by atoms with Gasteiger partial charge < -0.3 is 19.9 Å². The molecule has 1 saturated carbocycles. The van der Waals surface area contributed by atoms with Crippen molar-refractivity contribution < 1.29 is 9.53 Å². The van der Waals surface area contributed by atoms with Gasteiger partial charge in [-0.2, -0.15) is 0 Å². The van der Waals surface area contributed by atoms with Crippen LogP contribution in [-0.4, -0.2) is 31.2 Å². The van der Waals surface area contributed by atoms with Crippen LogP contribution < -0.4 is 15.1 Å². The highest BCUT2D eigenvalue weighted by Crippen LogP contribution is 2.42. The van der Waals surface area contributed by atoms with E-state index in [2.05, 4.69) is 185 Å². The van der Waals surface area contributed by atoms with Crippen LogP contribution in [0, 0.1) is 11.3 Å². The fourth-order valence-electron chi connectivity index (χ4n) is 10.1. The first-order chi connectivity index (χ1) is 32.1. The van der Waals surface area contributed by atoms with Gasteiger partial charge in [-0.3, -0.25) is 4.79 Å². The molecule has 0 radical (unpaired) electrons. The Labute approximate surface area is 398 Å². The quantitative estimate of drug-likeness (QED) is 0.0470. The van der Waals surface area contributed by atoms with Gasteiger partial charge in [0.05, 0.1) is 51.1 Å². The average molecular weight is 883 g/mol. The summed E-state index contributed by atoms with van der Waals surface area (Å²) in [6.45, 7) is 21.6. The summed E-state index contributed by atoms with van der Waals surface area (Å²) in [5, 5.41) is 6.29. The summed E-state index contributed by atoms with van der Waals surface area (Å²) in [6, 6.07) is 45.8. The highest BCUT2D eigenvalue weighted by Gasteiger charge is 2.35. The van der Waals surface area contributed by atoms with Gasteiger partial charge in [0, 0.05) is 35.2 Å². The maximum atomic E-state index is 13.3. The van der Waals surface area contributed by atoms with Crippen molar-refractivity contribution in [2.75, 3.05) is 28.2 Å². The van der Waals surface area contributed by atoms with Crippen LogP contribution in [0.2, 0.25) is 0 Å². The molecule has 7 rings (SSSR count). The number of para-hydroxylation sites is 2. The third-order valence-corrected chi connectivity index (χ3v) is 14.2. The number of carbonyl (C=O) groups excluding carboxylic acids is 1. The highest BCUT2D eigenvalue weighted by atomic mass is 16.5. The summed E-state index contributed by atoms with van der Waals surface area (Å²) in [5.74, 6) is 1.11. The summed E-state index contributed by atoms with van der Waals surface area (Å²) in [4.78, 5) is 18.4. The monoisotopic (exact) mass is 883 g/mol. The van der Waals surface area contributed by atoms with E-state index < -0.39 is 5.41 Å². The van der Waals surface area contributed by atoms with Crippen molar-refractivity contribution in [1.82, 2.24) is 0 Å². The summed E-state index contributed by atoms with van der Waals surface area (Å²) < 4.78 is 6.30. The zero-order valence-electron chi connectivity index (χ0n) is 41.6. The Morgan fingerprint density at radius 3 is 1.52 bits per heavy atom. The zero-order chi connectivity index (χ0) is 46.8. The van der Waals surface area contributed by atoms with Crippen molar-refractivity contribution in [1.29, 1.82) is 0 Å². The van der Waals surface area contributed by atoms with Crippen molar-refractivity contribution in [3.63, 3.8) is 0 Å². The van der Waals surface area contributed by atoms with Crippen molar-refractivity contribution in [2.45, 2.75) is 145 Å². The summed E-state index contributed by atoms with van der Waals surface area (Å²) >= 11 is 0. The molecule has 1 fully saturated rings. The summed E-state index contributed by atoms with van der Waals surface area (Å²) in [6.07, 6.45) is 10.7. The first kappa shape index (κ1) is 48.3. The molecule has 2 unspecified atom stereocenters. The number of carbonyl (C=O) groups is 1. The van der Waals surface area contributed by atoms with Crippen molar-refractivity contribution in [2.24, 2.45) is 5.41 Å². The first-order valence-corrected chi connectivity index (χ1v) is 25.4. The molecule has 1 aliphatic carbocycles. The summed E-state index contributed by atoms with van der Waals surface area (Å²) in [5.41, 5.74) is 14.9. The highest BCUT2D eigenvalue weighted by molar-refractivity contribution is 5.98. The van der Waals surface area contributed by atoms with Gasteiger partial charge in [0.1, 0.15) is 6.10 Å². The molecule has 0 bridgehead atoms. The molecule has 0 amide bonds. The van der Waals surface area contributed by atoms with E-state index in [1.807, 2.05) is 13.8 Å². The smallest absolute Gasteiger partial charge is 0.311 e. The van der Waals surface area contributed by atoms with Crippen LogP contribution in [0.25, 0.3) is 10.8 Å². The Morgan fingerprint density at radius 1 is 0.591 bits per heavy atom. The van der Waals surface area contributed by atoms with Gasteiger partial charge in [0.15, 0.2) is 0 Å². The molecule has 2 atom stereocenters. The van der Waals surface area contributed by atoms with E-state index in [1.54, 1.807) is 0 Å². The van der Waals surface area contributed by atoms with Crippen LogP contribution in [0.3, 0.4) is 0 Å². The maximum Gasteiger partial charge on any atom is 0.311 e. The summed E-state index contributed by atoms with van der Waals surface area (Å²) in [7, 11) is 0. The molecule has 346 valence electrons. The number of nitrogens with one attached hydrogen (secondary N) is 1. The third kappa shape index (κ3) is 10.3. The van der Waals surface area contributed by atoms with Gasteiger partial charge in [-0.25, -0.2) is 0 Å². The van der Waals surface area contributed by atoms with Crippen LogP contribution in [0.1, 0.15) is 146 Å². The normalized spacial score (nSPS) is 15.1. The fraction of sp³-hybridized carbons (Fsp3) is 0.410. The number of esters is 1. The Kier molecular flexibility index (Phi) is 16.2. The zero-order valence-corrected chi connectivity index (χ0v) is 41.6. The molecule has 0 heterocycles. The predicted octanol–water partition coefficient (Wildman–Crippen LogP) is 15.9. The van der Waals surface area contributed by atoms with E-state index in [-0.39, 0.29) is 18.1 Å². The van der Waals surface area contributed by atoms with Gasteiger partial charge in [-0.1, -0.05) is 103 Å². The van der Waals surface area contributed by atoms with E-state index >= 15 is 0 Å². The van der Waals surface area contributed by atoms with Gasteiger partial charge in [0.2, 0.25) is 0 Å².